The Labute approximate surface area is 79.6 Å². The van der Waals surface area contributed by atoms with Crippen molar-refractivity contribution in [3.05, 3.63) is 0 Å². The van der Waals surface area contributed by atoms with Crippen molar-refractivity contribution < 1.29 is 4.74 Å². The van der Waals surface area contributed by atoms with Crippen molar-refractivity contribution in [2.45, 2.75) is 38.8 Å². The van der Waals surface area contributed by atoms with E-state index in [0.29, 0.717) is 18.1 Å². The van der Waals surface area contributed by atoms with Gasteiger partial charge >= 0.3 is 0 Å². The van der Waals surface area contributed by atoms with Crippen molar-refractivity contribution in [1.82, 2.24) is 5.32 Å². The van der Waals surface area contributed by atoms with Crippen LogP contribution in [0.4, 0.5) is 0 Å². The Bertz CT molecular complexity index is 182. The third-order valence-corrected chi connectivity index (χ3v) is 2.17. The summed E-state index contributed by atoms with van der Waals surface area (Å²) in [5.41, 5.74) is 5.66. The van der Waals surface area contributed by atoms with Gasteiger partial charge in [0, 0.05) is 19.2 Å². The van der Waals surface area contributed by atoms with E-state index >= 15 is 0 Å². The topological polar surface area (TPSA) is 59.6 Å². The Morgan fingerprint density at radius 3 is 3.08 bits per heavy atom. The molecule has 1 fully saturated rings. The first-order valence-corrected chi connectivity index (χ1v) is 4.90. The molecule has 0 spiro atoms. The minimum absolute atomic E-state index is 0.334. The zero-order valence-electron chi connectivity index (χ0n) is 8.42. The van der Waals surface area contributed by atoms with Crippen LogP contribution in [0.3, 0.4) is 0 Å². The largest absolute Gasteiger partial charge is 0.378 e. The fraction of sp³-hybridized carbons (Fsp3) is 0.889. The Morgan fingerprint density at radius 2 is 2.46 bits per heavy atom. The third-order valence-electron chi connectivity index (χ3n) is 2.17. The summed E-state index contributed by atoms with van der Waals surface area (Å²) in [6, 6.07) is 0.430. The number of guanidine groups is 1. The van der Waals surface area contributed by atoms with E-state index in [1.165, 1.54) is 0 Å². The number of aliphatic imine (C=N–C) groups is 1. The van der Waals surface area contributed by atoms with Crippen molar-refractivity contribution in [2.24, 2.45) is 10.7 Å². The van der Waals surface area contributed by atoms with E-state index < -0.39 is 0 Å². The number of nitrogens with zero attached hydrogens (tertiary/aromatic N) is 1. The van der Waals surface area contributed by atoms with Crippen LogP contribution < -0.4 is 11.1 Å². The van der Waals surface area contributed by atoms with Crippen molar-refractivity contribution >= 4 is 5.96 Å². The molecule has 0 radical (unpaired) electrons. The number of hydrogen-bond acceptors (Lipinski definition) is 2. The second kappa shape index (κ2) is 5.07. The molecule has 0 saturated carbocycles. The normalized spacial score (nSPS) is 30.2. The summed E-state index contributed by atoms with van der Waals surface area (Å²) in [4.78, 5) is 4.09. The van der Waals surface area contributed by atoms with Gasteiger partial charge in [0.1, 0.15) is 0 Å². The number of nitrogens with one attached hydrogen (secondary N) is 1. The van der Waals surface area contributed by atoms with Gasteiger partial charge in [0.15, 0.2) is 5.96 Å². The highest BCUT2D eigenvalue weighted by Gasteiger charge is 2.19. The van der Waals surface area contributed by atoms with E-state index in [0.717, 1.165) is 26.0 Å². The van der Waals surface area contributed by atoms with Crippen LogP contribution >= 0.6 is 0 Å². The van der Waals surface area contributed by atoms with Crippen LogP contribution in [0, 0.1) is 0 Å². The minimum atomic E-state index is 0.334. The Kier molecular flexibility index (Phi) is 4.02. The zero-order chi connectivity index (χ0) is 9.68. The van der Waals surface area contributed by atoms with Crippen LogP contribution in [-0.4, -0.2) is 31.3 Å². The van der Waals surface area contributed by atoms with Crippen LogP contribution in [-0.2, 0) is 4.74 Å². The summed E-state index contributed by atoms with van der Waals surface area (Å²) in [5.74, 6) is 0.557. The molecule has 1 aliphatic rings. The molecular weight excluding hydrogens is 166 g/mol. The number of hydrogen-bond donors (Lipinski definition) is 2. The molecule has 1 rings (SSSR count). The van der Waals surface area contributed by atoms with Gasteiger partial charge in [-0.2, -0.15) is 0 Å². The predicted octanol–water partition coefficient (Wildman–Crippen LogP) is 0.478. The number of rotatable bonds is 2. The Morgan fingerprint density at radius 1 is 1.69 bits per heavy atom. The molecule has 0 aromatic carbocycles. The summed E-state index contributed by atoms with van der Waals surface area (Å²) >= 11 is 0. The van der Waals surface area contributed by atoms with Gasteiger partial charge < -0.3 is 15.8 Å². The molecule has 13 heavy (non-hydrogen) atoms. The smallest absolute Gasteiger partial charge is 0.188 e. The molecular formula is C9H19N3O. The highest BCUT2D eigenvalue weighted by molar-refractivity contribution is 5.78. The lowest BCUT2D eigenvalue weighted by Crippen LogP contribution is -2.44. The first-order chi connectivity index (χ1) is 6.22. The molecule has 76 valence electrons. The number of ether oxygens (including phenoxy) is 1. The van der Waals surface area contributed by atoms with E-state index in [2.05, 4.69) is 17.2 Å². The fourth-order valence-electron chi connectivity index (χ4n) is 1.55. The van der Waals surface area contributed by atoms with Gasteiger partial charge in [0.25, 0.3) is 0 Å². The van der Waals surface area contributed by atoms with Crippen LogP contribution in [0.5, 0.6) is 0 Å². The molecule has 4 heteroatoms. The van der Waals surface area contributed by atoms with Crippen LogP contribution in [0.15, 0.2) is 4.99 Å². The lowest BCUT2D eigenvalue weighted by Gasteiger charge is -2.28. The second-order valence-corrected chi connectivity index (χ2v) is 3.41. The molecule has 1 heterocycles. The minimum Gasteiger partial charge on any atom is -0.378 e. The summed E-state index contributed by atoms with van der Waals surface area (Å²) in [5, 5.41) is 3.20. The van der Waals surface area contributed by atoms with Crippen molar-refractivity contribution in [3.63, 3.8) is 0 Å². The summed E-state index contributed by atoms with van der Waals surface area (Å²) in [6.45, 7) is 5.61. The van der Waals surface area contributed by atoms with E-state index in [9.17, 15) is 0 Å². The molecule has 2 unspecified atom stereocenters. The SMILES string of the molecule is CCN=C(N)NC1CCOC(C)C1. The molecule has 2 atom stereocenters. The molecule has 0 amide bonds. The molecule has 0 aromatic rings. The monoisotopic (exact) mass is 185 g/mol. The summed E-state index contributed by atoms with van der Waals surface area (Å²) in [7, 11) is 0. The molecule has 1 saturated heterocycles. The van der Waals surface area contributed by atoms with Crippen LogP contribution in [0.1, 0.15) is 26.7 Å². The van der Waals surface area contributed by atoms with E-state index in [1.54, 1.807) is 0 Å². The van der Waals surface area contributed by atoms with Gasteiger partial charge in [0.2, 0.25) is 0 Å². The van der Waals surface area contributed by atoms with Crippen molar-refractivity contribution in [3.8, 4) is 0 Å². The second-order valence-electron chi connectivity index (χ2n) is 3.41. The first-order valence-electron chi connectivity index (χ1n) is 4.90. The standard InChI is InChI=1S/C9H19N3O/c1-3-11-9(10)12-8-4-5-13-7(2)6-8/h7-8H,3-6H2,1-2H3,(H3,10,11,12). The highest BCUT2D eigenvalue weighted by Crippen LogP contribution is 2.12. The van der Waals surface area contributed by atoms with Gasteiger partial charge in [0.05, 0.1) is 6.10 Å². The average Bonchev–Trinajstić information content (AvgIpc) is 2.04. The Hall–Kier alpha value is -0.770. The van der Waals surface area contributed by atoms with Crippen LogP contribution in [0.25, 0.3) is 0 Å². The lowest BCUT2D eigenvalue weighted by molar-refractivity contribution is 0.0166. The summed E-state index contributed by atoms with van der Waals surface area (Å²) in [6.07, 6.45) is 2.37. The van der Waals surface area contributed by atoms with E-state index in [4.69, 9.17) is 10.5 Å². The van der Waals surface area contributed by atoms with Crippen molar-refractivity contribution in [1.29, 1.82) is 0 Å². The third kappa shape index (κ3) is 3.63. The van der Waals surface area contributed by atoms with Gasteiger partial charge in [-0.3, -0.25) is 4.99 Å². The van der Waals surface area contributed by atoms with Gasteiger partial charge in [-0.25, -0.2) is 0 Å². The predicted molar refractivity (Wildman–Crippen MR) is 53.7 cm³/mol. The molecule has 0 aromatic heterocycles. The van der Waals surface area contributed by atoms with Crippen LogP contribution in [0.2, 0.25) is 0 Å². The zero-order valence-corrected chi connectivity index (χ0v) is 8.42. The number of nitrogens with two attached hydrogens (primary N) is 1. The van der Waals surface area contributed by atoms with Gasteiger partial charge in [-0.15, -0.1) is 0 Å². The maximum Gasteiger partial charge on any atom is 0.188 e. The van der Waals surface area contributed by atoms with Crippen molar-refractivity contribution in [2.75, 3.05) is 13.2 Å². The molecule has 4 nitrogen and oxygen atoms in total. The first kappa shape index (κ1) is 10.3. The lowest BCUT2D eigenvalue weighted by atomic mass is 10.0. The van der Waals surface area contributed by atoms with Gasteiger partial charge in [-0.05, 0) is 26.7 Å². The van der Waals surface area contributed by atoms with E-state index in [-0.39, 0.29) is 0 Å². The molecule has 0 bridgehead atoms. The molecule has 1 aliphatic heterocycles. The summed E-state index contributed by atoms with van der Waals surface area (Å²) < 4.78 is 5.43. The van der Waals surface area contributed by atoms with Gasteiger partial charge in [-0.1, -0.05) is 0 Å². The molecule has 3 N–H and O–H groups in total. The highest BCUT2D eigenvalue weighted by atomic mass is 16.5. The molecule has 0 aliphatic carbocycles. The maximum atomic E-state index is 5.66. The maximum absolute atomic E-state index is 5.66. The Balaban J connectivity index is 2.31. The fourth-order valence-corrected chi connectivity index (χ4v) is 1.55. The quantitative estimate of drug-likeness (QED) is 0.486. The van der Waals surface area contributed by atoms with E-state index in [1.807, 2.05) is 6.92 Å². The average molecular weight is 185 g/mol.